The summed E-state index contributed by atoms with van der Waals surface area (Å²) in [5, 5.41) is 0. The third-order valence-corrected chi connectivity index (χ3v) is 1.91. The minimum Gasteiger partial charge on any atom is -0.466 e. The molecular weight excluding hydrogens is 272 g/mol. The molecule has 1 aromatic carbocycles. The number of carbonyl (C=O) groups excluding carboxylic acids is 1. The maximum atomic E-state index is 10.7. The summed E-state index contributed by atoms with van der Waals surface area (Å²) in [7, 11) is 1.36. The third kappa shape index (κ3) is 20.0. The summed E-state index contributed by atoms with van der Waals surface area (Å²) in [4.78, 5) is 10.7. The van der Waals surface area contributed by atoms with Gasteiger partial charge in [-0.15, -0.1) is 13.2 Å². The van der Waals surface area contributed by atoms with Gasteiger partial charge in [0, 0.05) is 6.08 Å². The molecule has 0 N–H and O–H groups in total. The number of benzene rings is 1. The Balaban J connectivity index is -0.000000306. The van der Waals surface area contributed by atoms with Gasteiger partial charge in [0.1, 0.15) is 0 Å². The first-order valence-electron chi connectivity index (χ1n) is 7.29. The average Bonchev–Trinajstić information content (AvgIpc) is 2.62. The number of esters is 1. The van der Waals surface area contributed by atoms with E-state index in [4.69, 9.17) is 0 Å². The number of hydrogen-bond acceptors (Lipinski definition) is 2. The molecule has 0 spiro atoms. The number of methoxy groups -OCH3 is 1. The fourth-order valence-electron chi connectivity index (χ4n) is 1.02. The van der Waals surface area contributed by atoms with Crippen molar-refractivity contribution < 1.29 is 9.53 Å². The first-order valence-corrected chi connectivity index (χ1v) is 7.29. The summed E-state index contributed by atoms with van der Waals surface area (Å²) >= 11 is 0. The van der Waals surface area contributed by atoms with Crippen molar-refractivity contribution in [1.82, 2.24) is 0 Å². The molecule has 0 bridgehead atoms. The molecule has 2 heteroatoms. The van der Waals surface area contributed by atoms with Gasteiger partial charge in [-0.05, 0) is 25.5 Å². The van der Waals surface area contributed by atoms with Gasteiger partial charge < -0.3 is 4.74 Å². The van der Waals surface area contributed by atoms with Crippen molar-refractivity contribution in [2.45, 2.75) is 27.7 Å². The first kappa shape index (κ1) is 24.7. The lowest BCUT2D eigenvalue weighted by molar-refractivity contribution is -0.134. The van der Waals surface area contributed by atoms with E-state index >= 15 is 0 Å². The molecule has 1 rings (SSSR count). The highest BCUT2D eigenvalue weighted by molar-refractivity contribution is 5.86. The summed E-state index contributed by atoms with van der Waals surface area (Å²) in [6.07, 6.45) is 11.1. The maximum absolute atomic E-state index is 10.7. The van der Waals surface area contributed by atoms with Gasteiger partial charge in [0.15, 0.2) is 0 Å². The van der Waals surface area contributed by atoms with Crippen LogP contribution in [0.5, 0.6) is 0 Å². The van der Waals surface area contributed by atoms with Crippen LogP contribution >= 0.6 is 0 Å². The van der Waals surface area contributed by atoms with Crippen LogP contribution in [0.15, 0.2) is 73.9 Å². The molecule has 2 nitrogen and oxygen atoms in total. The molecule has 0 aliphatic carbocycles. The molecule has 0 saturated heterocycles. The van der Waals surface area contributed by atoms with E-state index in [9.17, 15) is 4.79 Å². The molecule has 22 heavy (non-hydrogen) atoms. The van der Waals surface area contributed by atoms with E-state index in [0.717, 1.165) is 5.56 Å². The van der Waals surface area contributed by atoms with Gasteiger partial charge in [0.25, 0.3) is 0 Å². The van der Waals surface area contributed by atoms with E-state index in [2.05, 4.69) is 17.9 Å². The number of carbonyl (C=O) groups is 1. The van der Waals surface area contributed by atoms with Crippen LogP contribution in [-0.2, 0) is 9.53 Å². The zero-order chi connectivity index (χ0) is 17.6. The van der Waals surface area contributed by atoms with Crippen LogP contribution in [0.2, 0.25) is 0 Å². The van der Waals surface area contributed by atoms with Crippen molar-refractivity contribution in [2.24, 2.45) is 0 Å². The van der Waals surface area contributed by atoms with Gasteiger partial charge in [-0.2, -0.15) is 0 Å². The van der Waals surface area contributed by atoms with E-state index in [1.54, 1.807) is 6.08 Å². The van der Waals surface area contributed by atoms with Crippen molar-refractivity contribution in [3.63, 3.8) is 0 Å². The number of hydrogen-bond donors (Lipinski definition) is 0. The summed E-state index contributed by atoms with van der Waals surface area (Å²) in [5.74, 6) is -0.334. The highest BCUT2D eigenvalue weighted by Gasteiger charge is 1.89. The standard InChI is InChI=1S/C10H10O2.C6H10.C2H6.C2H4/c1-12-10(11)8-7-9-5-3-2-4-6-9;1-3-5-6-4-2;2*1-2/h2-8H,1H3;3-6H,1-2H3;1-2H3;1-2H2/b8-7-;5-3+,6-4?;;. The molecule has 0 aromatic heterocycles. The molecule has 0 saturated carbocycles. The van der Waals surface area contributed by atoms with Gasteiger partial charge in [-0.25, -0.2) is 4.79 Å². The first-order chi connectivity index (χ1) is 10.7. The zero-order valence-electron chi connectivity index (χ0n) is 14.6. The summed E-state index contributed by atoms with van der Waals surface area (Å²) in [5.41, 5.74) is 0.989. The molecule has 0 amide bonds. The van der Waals surface area contributed by atoms with Crippen LogP contribution in [0.1, 0.15) is 33.3 Å². The smallest absolute Gasteiger partial charge is 0.330 e. The van der Waals surface area contributed by atoms with Crippen molar-refractivity contribution in [3.8, 4) is 0 Å². The van der Waals surface area contributed by atoms with Crippen LogP contribution < -0.4 is 0 Å². The highest BCUT2D eigenvalue weighted by Crippen LogP contribution is 2.00. The third-order valence-electron chi connectivity index (χ3n) is 1.91. The Kier molecular flexibility index (Phi) is 26.6. The lowest BCUT2D eigenvalue weighted by Crippen LogP contribution is -1.92. The van der Waals surface area contributed by atoms with Crippen LogP contribution in [-0.4, -0.2) is 13.1 Å². The fraction of sp³-hybridized carbons (Fsp3) is 0.250. The van der Waals surface area contributed by atoms with Gasteiger partial charge in [-0.3, -0.25) is 0 Å². The lowest BCUT2D eigenvalue weighted by Gasteiger charge is -1.91. The Labute approximate surface area is 136 Å². The quantitative estimate of drug-likeness (QED) is 0.303. The maximum Gasteiger partial charge on any atom is 0.330 e. The van der Waals surface area contributed by atoms with Crippen LogP contribution in [0.3, 0.4) is 0 Å². The van der Waals surface area contributed by atoms with E-state index in [-0.39, 0.29) is 5.97 Å². The van der Waals surface area contributed by atoms with Crippen LogP contribution in [0, 0.1) is 0 Å². The molecule has 0 heterocycles. The summed E-state index contributed by atoms with van der Waals surface area (Å²) in [6, 6.07) is 9.59. The largest absolute Gasteiger partial charge is 0.466 e. The topological polar surface area (TPSA) is 26.3 Å². The highest BCUT2D eigenvalue weighted by atomic mass is 16.5. The Morgan fingerprint density at radius 2 is 1.45 bits per heavy atom. The summed E-state index contributed by atoms with van der Waals surface area (Å²) < 4.78 is 4.45. The predicted molar refractivity (Wildman–Crippen MR) is 99.7 cm³/mol. The molecule has 122 valence electrons. The molecule has 0 fully saturated rings. The second-order valence-corrected chi connectivity index (χ2v) is 3.32. The van der Waals surface area contributed by atoms with Gasteiger partial charge in [0.2, 0.25) is 0 Å². The molecular formula is C20H30O2. The van der Waals surface area contributed by atoms with Crippen LogP contribution in [0.4, 0.5) is 0 Å². The Morgan fingerprint density at radius 1 is 1.00 bits per heavy atom. The molecule has 0 unspecified atom stereocenters. The zero-order valence-corrected chi connectivity index (χ0v) is 14.6. The van der Waals surface area contributed by atoms with Crippen molar-refractivity contribution >= 4 is 12.0 Å². The monoisotopic (exact) mass is 302 g/mol. The Morgan fingerprint density at radius 3 is 1.82 bits per heavy atom. The SMILES string of the molecule is C=C.CC.CC=C/C=C/C.COC(=O)/C=C\c1ccccc1. The molecule has 1 aromatic rings. The van der Waals surface area contributed by atoms with Crippen molar-refractivity contribution in [1.29, 1.82) is 0 Å². The van der Waals surface area contributed by atoms with E-state index < -0.39 is 0 Å². The number of rotatable bonds is 3. The minimum absolute atomic E-state index is 0.334. The minimum atomic E-state index is -0.334. The molecule has 0 atom stereocenters. The Hall–Kier alpha value is -2.35. The van der Waals surface area contributed by atoms with Gasteiger partial charge in [0.05, 0.1) is 7.11 Å². The predicted octanol–water partition coefficient (Wildman–Crippen LogP) is 5.84. The fourth-order valence-corrected chi connectivity index (χ4v) is 1.02. The van der Waals surface area contributed by atoms with Crippen molar-refractivity contribution in [2.75, 3.05) is 7.11 Å². The van der Waals surface area contributed by atoms with E-state index in [0.29, 0.717) is 0 Å². The van der Waals surface area contributed by atoms with Crippen molar-refractivity contribution in [3.05, 3.63) is 79.4 Å². The molecule has 0 aliphatic heterocycles. The second kappa shape index (κ2) is 23.7. The van der Waals surface area contributed by atoms with E-state index in [1.807, 2.05) is 82.3 Å². The normalized spacial score (nSPS) is 9.14. The van der Waals surface area contributed by atoms with Crippen LogP contribution in [0.25, 0.3) is 6.08 Å². The number of ether oxygens (including phenoxy) is 1. The number of allylic oxidation sites excluding steroid dienone is 4. The van der Waals surface area contributed by atoms with Gasteiger partial charge >= 0.3 is 5.97 Å². The average molecular weight is 302 g/mol. The lowest BCUT2D eigenvalue weighted by atomic mass is 10.2. The Bertz CT molecular complexity index is 405. The molecule has 0 aliphatic rings. The molecule has 0 radical (unpaired) electrons. The van der Waals surface area contributed by atoms with E-state index in [1.165, 1.54) is 13.2 Å². The summed E-state index contributed by atoms with van der Waals surface area (Å²) in [6.45, 7) is 14.0. The van der Waals surface area contributed by atoms with Gasteiger partial charge in [-0.1, -0.05) is 68.5 Å². The second-order valence-electron chi connectivity index (χ2n) is 3.32.